The van der Waals surface area contributed by atoms with Gasteiger partial charge < -0.3 is 73.3 Å². The van der Waals surface area contributed by atoms with Gasteiger partial charge in [-0.25, -0.2) is 4.79 Å². The van der Waals surface area contributed by atoms with E-state index < -0.39 is 74.5 Å². The van der Waals surface area contributed by atoms with Crippen LogP contribution in [0.15, 0.2) is 30.3 Å². The zero-order valence-electron chi connectivity index (χ0n) is 24.3. The molecule has 2 heterocycles. The van der Waals surface area contributed by atoms with Crippen molar-refractivity contribution in [1.82, 2.24) is 0 Å². The third kappa shape index (κ3) is 6.72. The van der Waals surface area contributed by atoms with Gasteiger partial charge in [0.05, 0.1) is 47.2 Å². The molecule has 0 radical (unpaired) electrons. The molecule has 6 N–H and O–H groups in total. The van der Waals surface area contributed by atoms with E-state index in [1.54, 1.807) is 6.07 Å². The highest BCUT2D eigenvalue weighted by Crippen LogP contribution is 2.38. The van der Waals surface area contributed by atoms with Crippen LogP contribution in [0.3, 0.4) is 0 Å². The minimum Gasteiger partial charge on any atom is -0.502 e. The molecule has 0 spiro atoms. The Labute approximate surface area is 251 Å². The van der Waals surface area contributed by atoms with E-state index in [2.05, 4.69) is 0 Å². The third-order valence-corrected chi connectivity index (χ3v) is 7.20. The molecule has 2 aliphatic rings. The highest BCUT2D eigenvalue weighted by atomic mass is 16.8. The van der Waals surface area contributed by atoms with Crippen LogP contribution in [0.1, 0.15) is 10.4 Å². The van der Waals surface area contributed by atoms with E-state index in [0.717, 1.165) is 0 Å². The molecular formula is C28H36O16. The molecule has 0 aromatic heterocycles. The molecule has 244 valence electrons. The third-order valence-electron chi connectivity index (χ3n) is 7.20. The summed E-state index contributed by atoms with van der Waals surface area (Å²) in [5.41, 5.74) is -2.23. The molecule has 16 heteroatoms. The summed E-state index contributed by atoms with van der Waals surface area (Å²) in [6.07, 6.45) is -11.0. The maximum Gasteiger partial charge on any atom is 0.338 e. The molecular weight excluding hydrogens is 592 g/mol. The van der Waals surface area contributed by atoms with Crippen molar-refractivity contribution in [2.45, 2.75) is 48.7 Å². The van der Waals surface area contributed by atoms with Crippen LogP contribution in [-0.2, 0) is 18.9 Å². The van der Waals surface area contributed by atoms with E-state index in [1.807, 2.05) is 0 Å². The summed E-state index contributed by atoms with van der Waals surface area (Å²) in [6, 6.07) is 6.94. The summed E-state index contributed by atoms with van der Waals surface area (Å²) in [7, 11) is 5.42. The Morgan fingerprint density at radius 2 is 1.55 bits per heavy atom. The number of ether oxygens (including phenoxy) is 9. The normalized spacial score (nSPS) is 30.0. The van der Waals surface area contributed by atoms with E-state index in [-0.39, 0.29) is 28.6 Å². The lowest BCUT2D eigenvalue weighted by Gasteiger charge is -2.42. The van der Waals surface area contributed by atoms with Crippen molar-refractivity contribution >= 4 is 5.97 Å². The average molecular weight is 629 g/mol. The molecule has 2 aromatic carbocycles. The zero-order valence-corrected chi connectivity index (χ0v) is 24.3. The van der Waals surface area contributed by atoms with Gasteiger partial charge in [-0.3, -0.25) is 0 Å². The van der Waals surface area contributed by atoms with Gasteiger partial charge in [0.2, 0.25) is 12.0 Å². The predicted octanol–water partition coefficient (Wildman–Crippen LogP) is -1.07. The lowest BCUT2D eigenvalue weighted by atomic mass is 9.98. The maximum atomic E-state index is 12.7. The topological polar surface area (TPSA) is 222 Å². The Bertz CT molecular complexity index is 1260. The molecule has 2 aromatic rings. The first-order valence-corrected chi connectivity index (χ1v) is 13.3. The first-order valence-electron chi connectivity index (χ1n) is 13.3. The van der Waals surface area contributed by atoms with Crippen molar-refractivity contribution in [3.63, 3.8) is 0 Å². The Morgan fingerprint density at radius 1 is 0.909 bits per heavy atom. The minimum absolute atomic E-state index is 0.0588. The first kappa shape index (κ1) is 33.3. The van der Waals surface area contributed by atoms with Crippen molar-refractivity contribution in [3.05, 3.63) is 35.9 Å². The zero-order chi connectivity index (χ0) is 32.2. The van der Waals surface area contributed by atoms with Gasteiger partial charge in [-0.05, 0) is 24.3 Å². The second kappa shape index (κ2) is 14.0. The van der Waals surface area contributed by atoms with E-state index in [1.165, 1.54) is 52.7 Å². The van der Waals surface area contributed by atoms with Crippen LogP contribution in [0.2, 0.25) is 0 Å². The number of aliphatic hydroxyl groups is 5. The Hall–Kier alpha value is -3.61. The monoisotopic (exact) mass is 628 g/mol. The predicted molar refractivity (Wildman–Crippen MR) is 145 cm³/mol. The molecule has 2 aliphatic heterocycles. The number of phenolic OH excluding ortho intramolecular Hbond substituents is 1. The Morgan fingerprint density at radius 3 is 2.14 bits per heavy atom. The van der Waals surface area contributed by atoms with Gasteiger partial charge >= 0.3 is 5.97 Å². The van der Waals surface area contributed by atoms with Crippen LogP contribution in [0.5, 0.6) is 34.5 Å². The van der Waals surface area contributed by atoms with Crippen LogP contribution in [0.4, 0.5) is 0 Å². The number of phenols is 1. The molecule has 0 bridgehead atoms. The number of aliphatic hydroxyl groups excluding tert-OH is 4. The number of hydrogen-bond donors (Lipinski definition) is 6. The quantitative estimate of drug-likeness (QED) is 0.154. The van der Waals surface area contributed by atoms with Gasteiger partial charge in [-0.15, -0.1) is 0 Å². The summed E-state index contributed by atoms with van der Waals surface area (Å²) in [4.78, 5) is 12.7. The summed E-state index contributed by atoms with van der Waals surface area (Å²) in [5.74, 6) is -0.483. The number of methoxy groups -OCH3 is 4. The van der Waals surface area contributed by atoms with Crippen molar-refractivity contribution < 1.29 is 78.1 Å². The van der Waals surface area contributed by atoms with E-state index in [4.69, 9.17) is 42.6 Å². The second-order valence-electron chi connectivity index (χ2n) is 9.98. The van der Waals surface area contributed by atoms with Crippen molar-refractivity contribution in [1.29, 1.82) is 0 Å². The minimum atomic E-state index is -2.15. The number of hydrogen-bond acceptors (Lipinski definition) is 16. The molecule has 0 unspecified atom stereocenters. The average Bonchev–Trinajstić information content (AvgIpc) is 3.31. The Balaban J connectivity index is 1.47. The number of carbonyl (C=O) groups is 1. The summed E-state index contributed by atoms with van der Waals surface area (Å²) >= 11 is 0. The number of carbonyl (C=O) groups excluding carboxylic acids is 1. The van der Waals surface area contributed by atoms with Crippen LogP contribution in [-0.4, -0.2) is 134 Å². The fourth-order valence-electron chi connectivity index (χ4n) is 4.66. The van der Waals surface area contributed by atoms with Gasteiger partial charge in [-0.1, -0.05) is 0 Å². The van der Waals surface area contributed by atoms with Crippen molar-refractivity contribution in [3.8, 4) is 34.5 Å². The molecule has 0 amide bonds. The maximum absolute atomic E-state index is 12.7. The highest BCUT2D eigenvalue weighted by Gasteiger charge is 2.54. The SMILES string of the molecule is COc1ccc(O[C@@H]2O[C@H](CO)[C@@H](O)[C@H](O)[C@H]2O[C@@H]2OC[C@](O)(COC(=O)c3cc(OC)c(O)c(OC)c3)[C@H]2O)cc1OC. The lowest BCUT2D eigenvalue weighted by Crippen LogP contribution is -2.62. The van der Waals surface area contributed by atoms with E-state index in [9.17, 15) is 35.4 Å². The van der Waals surface area contributed by atoms with Gasteiger partial charge in [0.15, 0.2) is 41.0 Å². The van der Waals surface area contributed by atoms with Gasteiger partial charge in [-0.2, -0.15) is 0 Å². The molecule has 8 atom stereocenters. The summed E-state index contributed by atoms with van der Waals surface area (Å²) in [5, 5.41) is 63.0. The van der Waals surface area contributed by atoms with Crippen LogP contribution in [0, 0.1) is 0 Å². The van der Waals surface area contributed by atoms with Crippen molar-refractivity contribution in [2.24, 2.45) is 0 Å². The van der Waals surface area contributed by atoms with E-state index in [0.29, 0.717) is 11.5 Å². The van der Waals surface area contributed by atoms with Crippen LogP contribution in [0.25, 0.3) is 0 Å². The largest absolute Gasteiger partial charge is 0.502 e. The molecule has 2 fully saturated rings. The summed E-state index contributed by atoms with van der Waals surface area (Å²) < 4.78 is 48.4. The fraction of sp³-hybridized carbons (Fsp3) is 0.536. The molecule has 2 saturated heterocycles. The lowest BCUT2D eigenvalue weighted by molar-refractivity contribution is -0.318. The Kier molecular flexibility index (Phi) is 10.6. The van der Waals surface area contributed by atoms with Crippen LogP contribution < -0.4 is 23.7 Å². The smallest absolute Gasteiger partial charge is 0.338 e. The summed E-state index contributed by atoms with van der Waals surface area (Å²) in [6.45, 7) is -1.97. The number of benzene rings is 2. The number of rotatable bonds is 12. The molecule has 4 rings (SSSR count). The van der Waals surface area contributed by atoms with Gasteiger partial charge in [0.1, 0.15) is 36.8 Å². The van der Waals surface area contributed by atoms with Crippen LogP contribution >= 0.6 is 0 Å². The van der Waals surface area contributed by atoms with Gasteiger partial charge in [0, 0.05) is 6.07 Å². The molecule has 0 saturated carbocycles. The first-order chi connectivity index (χ1) is 21.0. The molecule has 44 heavy (non-hydrogen) atoms. The van der Waals surface area contributed by atoms with Crippen molar-refractivity contribution in [2.75, 3.05) is 48.3 Å². The standard InChI is InChI=1S/C28H36O16/c1-36-15-6-5-14(9-16(15)37-2)42-26-23(22(32)21(31)19(10-29)43-26)44-27-24(33)28(35,12-41-27)11-40-25(34)13-7-17(38-3)20(30)18(8-13)39-4/h5-9,19,21-24,26-27,29-33,35H,10-12H2,1-4H3/t19-,21-,22+,23-,24+,26-,27+,28-/m1/s1. The van der Waals surface area contributed by atoms with Gasteiger partial charge in [0.25, 0.3) is 0 Å². The number of esters is 1. The molecule has 16 nitrogen and oxygen atoms in total. The molecule has 0 aliphatic carbocycles. The highest BCUT2D eigenvalue weighted by molar-refractivity contribution is 5.91. The number of aromatic hydroxyl groups is 1. The van der Waals surface area contributed by atoms with E-state index >= 15 is 0 Å². The fourth-order valence-corrected chi connectivity index (χ4v) is 4.66. The second-order valence-corrected chi connectivity index (χ2v) is 9.98.